The predicted molar refractivity (Wildman–Crippen MR) is 92.4 cm³/mol. The van der Waals surface area contributed by atoms with E-state index in [0.29, 0.717) is 18.0 Å². The molecule has 5 heteroatoms. The standard InChI is InChI=1S/C18H20ClFN2O/c1-13-12-15(19)4-7-17(13)22-18(23)9-11-21-10-8-14-2-5-16(20)6-3-14/h2-7,12,21H,8-11H2,1H3,(H,22,23). The minimum Gasteiger partial charge on any atom is -0.326 e. The van der Waals surface area contributed by atoms with Crippen molar-refractivity contribution < 1.29 is 9.18 Å². The van der Waals surface area contributed by atoms with Crippen molar-refractivity contribution >= 4 is 23.2 Å². The van der Waals surface area contributed by atoms with Crippen molar-refractivity contribution in [3.05, 3.63) is 64.4 Å². The van der Waals surface area contributed by atoms with Crippen LogP contribution in [-0.2, 0) is 11.2 Å². The van der Waals surface area contributed by atoms with Crippen molar-refractivity contribution in [1.82, 2.24) is 5.32 Å². The van der Waals surface area contributed by atoms with Gasteiger partial charge >= 0.3 is 0 Å². The molecule has 0 fully saturated rings. The van der Waals surface area contributed by atoms with Crippen molar-refractivity contribution in [2.24, 2.45) is 0 Å². The zero-order valence-electron chi connectivity index (χ0n) is 13.0. The fraction of sp³-hybridized carbons (Fsp3) is 0.278. The molecule has 2 rings (SSSR count). The Morgan fingerprint density at radius 1 is 1.13 bits per heavy atom. The van der Waals surface area contributed by atoms with Crippen LogP contribution in [0.25, 0.3) is 0 Å². The molecule has 0 aliphatic rings. The molecule has 0 spiro atoms. The van der Waals surface area contributed by atoms with Gasteiger partial charge in [0.05, 0.1) is 0 Å². The third kappa shape index (κ3) is 6.00. The van der Waals surface area contributed by atoms with Crippen LogP contribution < -0.4 is 10.6 Å². The number of amides is 1. The summed E-state index contributed by atoms with van der Waals surface area (Å²) in [5.74, 6) is -0.263. The van der Waals surface area contributed by atoms with Crippen molar-refractivity contribution in [3.8, 4) is 0 Å². The molecule has 0 aliphatic heterocycles. The van der Waals surface area contributed by atoms with Crippen LogP contribution in [0.3, 0.4) is 0 Å². The van der Waals surface area contributed by atoms with Crippen LogP contribution in [0.2, 0.25) is 5.02 Å². The van der Waals surface area contributed by atoms with Gasteiger partial charge in [0, 0.05) is 23.7 Å². The van der Waals surface area contributed by atoms with E-state index in [1.54, 1.807) is 24.3 Å². The van der Waals surface area contributed by atoms with Gasteiger partial charge < -0.3 is 10.6 Å². The smallest absolute Gasteiger partial charge is 0.225 e. The van der Waals surface area contributed by atoms with Crippen LogP contribution in [0.4, 0.5) is 10.1 Å². The summed E-state index contributed by atoms with van der Waals surface area (Å²) in [7, 11) is 0. The van der Waals surface area contributed by atoms with Crippen molar-refractivity contribution in [2.75, 3.05) is 18.4 Å². The van der Waals surface area contributed by atoms with Crippen LogP contribution in [0.5, 0.6) is 0 Å². The fourth-order valence-corrected chi connectivity index (χ4v) is 2.42. The molecule has 0 radical (unpaired) electrons. The average Bonchev–Trinajstić information content (AvgIpc) is 2.51. The number of anilines is 1. The van der Waals surface area contributed by atoms with Crippen LogP contribution in [0.1, 0.15) is 17.5 Å². The van der Waals surface area contributed by atoms with Crippen LogP contribution in [0.15, 0.2) is 42.5 Å². The van der Waals surface area contributed by atoms with E-state index in [1.165, 1.54) is 12.1 Å². The minimum atomic E-state index is -0.226. The maximum Gasteiger partial charge on any atom is 0.225 e. The summed E-state index contributed by atoms with van der Waals surface area (Å²) in [6.45, 7) is 3.25. The van der Waals surface area contributed by atoms with E-state index in [-0.39, 0.29) is 11.7 Å². The largest absolute Gasteiger partial charge is 0.326 e. The van der Waals surface area contributed by atoms with Gasteiger partial charge in [0.15, 0.2) is 0 Å². The molecule has 0 aliphatic carbocycles. The van der Waals surface area contributed by atoms with Gasteiger partial charge in [0.25, 0.3) is 0 Å². The first-order valence-corrected chi connectivity index (χ1v) is 7.93. The molecule has 0 saturated carbocycles. The molecule has 0 heterocycles. The summed E-state index contributed by atoms with van der Waals surface area (Å²) in [5.41, 5.74) is 2.79. The summed E-state index contributed by atoms with van der Waals surface area (Å²) in [6, 6.07) is 11.8. The van der Waals surface area contributed by atoms with Crippen LogP contribution >= 0.6 is 11.6 Å². The number of benzene rings is 2. The topological polar surface area (TPSA) is 41.1 Å². The summed E-state index contributed by atoms with van der Waals surface area (Å²) < 4.78 is 12.8. The Kier molecular flexibility index (Phi) is 6.56. The highest BCUT2D eigenvalue weighted by Gasteiger charge is 2.05. The first kappa shape index (κ1) is 17.4. The lowest BCUT2D eigenvalue weighted by molar-refractivity contribution is -0.116. The number of aryl methyl sites for hydroxylation is 1. The molecule has 0 bridgehead atoms. The van der Waals surface area contributed by atoms with Gasteiger partial charge in [-0.3, -0.25) is 4.79 Å². The molecule has 0 unspecified atom stereocenters. The quantitative estimate of drug-likeness (QED) is 0.753. The Bertz CT molecular complexity index is 659. The summed E-state index contributed by atoms with van der Waals surface area (Å²) in [6.07, 6.45) is 1.20. The fourth-order valence-electron chi connectivity index (χ4n) is 2.19. The molecule has 2 N–H and O–H groups in total. The second-order valence-corrected chi connectivity index (χ2v) is 5.82. The molecule has 0 atom stereocenters. The number of carbonyl (C=O) groups excluding carboxylic acids is 1. The summed E-state index contributed by atoms with van der Waals surface area (Å²) >= 11 is 5.89. The van der Waals surface area contributed by atoms with Gasteiger partial charge in [0.2, 0.25) is 5.91 Å². The highest BCUT2D eigenvalue weighted by atomic mass is 35.5. The highest BCUT2D eigenvalue weighted by molar-refractivity contribution is 6.30. The zero-order chi connectivity index (χ0) is 16.7. The molecular formula is C18H20ClFN2O. The Morgan fingerprint density at radius 2 is 1.87 bits per heavy atom. The normalized spacial score (nSPS) is 10.6. The van der Waals surface area contributed by atoms with Crippen molar-refractivity contribution in [3.63, 3.8) is 0 Å². The SMILES string of the molecule is Cc1cc(Cl)ccc1NC(=O)CCNCCc1ccc(F)cc1. The monoisotopic (exact) mass is 334 g/mol. The Hall–Kier alpha value is -1.91. The van der Waals surface area contributed by atoms with E-state index >= 15 is 0 Å². The first-order valence-electron chi connectivity index (χ1n) is 7.56. The third-order valence-electron chi connectivity index (χ3n) is 3.50. The first-order chi connectivity index (χ1) is 11.0. The molecule has 23 heavy (non-hydrogen) atoms. The highest BCUT2D eigenvalue weighted by Crippen LogP contribution is 2.19. The van der Waals surface area contributed by atoms with Crippen molar-refractivity contribution in [2.45, 2.75) is 19.8 Å². The molecule has 0 saturated heterocycles. The van der Waals surface area contributed by atoms with Gasteiger partial charge in [-0.1, -0.05) is 23.7 Å². The minimum absolute atomic E-state index is 0.0373. The molecule has 122 valence electrons. The number of rotatable bonds is 7. The van der Waals surface area contributed by atoms with Crippen LogP contribution in [-0.4, -0.2) is 19.0 Å². The van der Waals surface area contributed by atoms with E-state index in [2.05, 4.69) is 10.6 Å². The zero-order valence-corrected chi connectivity index (χ0v) is 13.8. The lowest BCUT2D eigenvalue weighted by Crippen LogP contribution is -2.23. The molecular weight excluding hydrogens is 315 g/mol. The van der Waals surface area contributed by atoms with Crippen LogP contribution in [0, 0.1) is 12.7 Å². The summed E-state index contributed by atoms with van der Waals surface area (Å²) in [5, 5.41) is 6.74. The number of halogens is 2. The van der Waals surface area contributed by atoms with Gasteiger partial charge in [0.1, 0.15) is 5.82 Å². The molecule has 1 amide bonds. The second-order valence-electron chi connectivity index (χ2n) is 5.38. The molecule has 2 aromatic rings. The Balaban J connectivity index is 1.65. The summed E-state index contributed by atoms with van der Waals surface area (Å²) in [4.78, 5) is 11.9. The van der Waals surface area contributed by atoms with E-state index < -0.39 is 0 Å². The Labute approximate surface area is 140 Å². The Morgan fingerprint density at radius 3 is 2.57 bits per heavy atom. The second kappa shape index (κ2) is 8.65. The van der Waals surface area contributed by atoms with Gasteiger partial charge in [-0.25, -0.2) is 4.39 Å². The number of nitrogens with one attached hydrogen (secondary N) is 2. The lowest BCUT2D eigenvalue weighted by Gasteiger charge is -2.09. The average molecular weight is 335 g/mol. The third-order valence-corrected chi connectivity index (χ3v) is 3.73. The maximum absolute atomic E-state index is 12.8. The molecule has 2 aromatic carbocycles. The van der Waals surface area contributed by atoms with Gasteiger partial charge in [-0.05, 0) is 61.3 Å². The van der Waals surface area contributed by atoms with Gasteiger partial charge in [-0.15, -0.1) is 0 Å². The van der Waals surface area contributed by atoms with Gasteiger partial charge in [-0.2, -0.15) is 0 Å². The van der Waals surface area contributed by atoms with E-state index in [1.807, 2.05) is 13.0 Å². The number of hydrogen-bond donors (Lipinski definition) is 2. The van der Waals surface area contributed by atoms with E-state index in [4.69, 9.17) is 11.6 Å². The molecule has 3 nitrogen and oxygen atoms in total. The number of carbonyl (C=O) groups is 1. The number of hydrogen-bond acceptors (Lipinski definition) is 2. The predicted octanol–water partition coefficient (Wildman–Crippen LogP) is 3.95. The maximum atomic E-state index is 12.8. The molecule has 0 aromatic heterocycles. The van der Waals surface area contributed by atoms with E-state index in [0.717, 1.165) is 29.8 Å². The lowest BCUT2D eigenvalue weighted by atomic mass is 10.1. The van der Waals surface area contributed by atoms with E-state index in [9.17, 15) is 9.18 Å². The van der Waals surface area contributed by atoms with Crippen molar-refractivity contribution in [1.29, 1.82) is 0 Å².